The Hall–Kier alpha value is -1.13. The number of aromatic nitrogens is 1. The van der Waals surface area contributed by atoms with Gasteiger partial charge in [0.25, 0.3) is 0 Å². The van der Waals surface area contributed by atoms with E-state index in [0.29, 0.717) is 19.0 Å². The van der Waals surface area contributed by atoms with Crippen molar-refractivity contribution in [3.05, 3.63) is 22.9 Å². The largest absolute Gasteiger partial charge is 0.391 e. The molecule has 19 heavy (non-hydrogen) atoms. The molecule has 1 saturated heterocycles. The van der Waals surface area contributed by atoms with E-state index in [2.05, 4.69) is 17.9 Å². The number of aliphatic hydroxyl groups excluding tert-OH is 1. The fourth-order valence-corrected chi connectivity index (χ4v) is 3.17. The van der Waals surface area contributed by atoms with Crippen molar-refractivity contribution in [1.82, 2.24) is 4.98 Å². The Morgan fingerprint density at radius 2 is 2.32 bits per heavy atom. The van der Waals surface area contributed by atoms with Crippen LogP contribution in [-0.2, 0) is 19.4 Å². The lowest BCUT2D eigenvalue weighted by atomic mass is 9.95. The second-order valence-corrected chi connectivity index (χ2v) is 5.91. The van der Waals surface area contributed by atoms with Crippen molar-refractivity contribution in [2.45, 2.75) is 45.3 Å². The van der Waals surface area contributed by atoms with Crippen LogP contribution < -0.4 is 10.6 Å². The second-order valence-electron chi connectivity index (χ2n) is 5.91. The summed E-state index contributed by atoms with van der Waals surface area (Å²) in [6.45, 7) is 4.29. The van der Waals surface area contributed by atoms with Crippen molar-refractivity contribution in [2.75, 3.05) is 18.0 Å². The first-order valence-electron chi connectivity index (χ1n) is 7.33. The summed E-state index contributed by atoms with van der Waals surface area (Å²) in [5, 5.41) is 10.1. The molecule has 1 aliphatic heterocycles. The highest BCUT2D eigenvalue weighted by Crippen LogP contribution is 2.29. The third-order valence-corrected chi connectivity index (χ3v) is 4.55. The minimum atomic E-state index is -0.255. The van der Waals surface area contributed by atoms with Crippen LogP contribution in [0.5, 0.6) is 0 Å². The predicted octanol–water partition coefficient (Wildman–Crippen LogP) is 1.24. The molecule has 2 unspecified atom stereocenters. The number of β-amino-alcohol motifs (C(OH)–C–C–N with tert-alkyl or cyclic N) is 1. The van der Waals surface area contributed by atoms with Crippen LogP contribution in [0.3, 0.4) is 0 Å². The Balaban J connectivity index is 1.91. The zero-order chi connectivity index (χ0) is 13.4. The summed E-state index contributed by atoms with van der Waals surface area (Å²) in [6, 6.07) is 2.23. The first-order valence-corrected chi connectivity index (χ1v) is 7.33. The maximum absolute atomic E-state index is 10.1. The molecule has 0 amide bonds. The van der Waals surface area contributed by atoms with Crippen molar-refractivity contribution in [3.63, 3.8) is 0 Å². The number of pyridine rings is 1. The van der Waals surface area contributed by atoms with Gasteiger partial charge in [-0.1, -0.05) is 6.92 Å². The van der Waals surface area contributed by atoms with Crippen LogP contribution in [0.4, 0.5) is 5.82 Å². The second kappa shape index (κ2) is 5.10. The summed E-state index contributed by atoms with van der Waals surface area (Å²) in [6.07, 6.45) is 4.18. The number of aryl methyl sites for hydroxylation is 2. The Morgan fingerprint density at radius 3 is 3.05 bits per heavy atom. The predicted molar refractivity (Wildman–Crippen MR) is 76.2 cm³/mol. The molecule has 4 nitrogen and oxygen atoms in total. The minimum Gasteiger partial charge on any atom is -0.391 e. The van der Waals surface area contributed by atoms with Gasteiger partial charge in [-0.05, 0) is 43.2 Å². The summed E-state index contributed by atoms with van der Waals surface area (Å²) in [7, 11) is 0. The number of fused-ring (bicyclic) bond motifs is 1. The van der Waals surface area contributed by atoms with E-state index in [9.17, 15) is 5.11 Å². The monoisotopic (exact) mass is 261 g/mol. The standard InChI is InChI=1S/C15H23N3O/c1-10-5-6-18(9-14(10)19)15-12(8-16)7-11-3-2-4-13(11)17-15/h7,10,14,19H,2-6,8-9,16H2,1H3. The van der Waals surface area contributed by atoms with Gasteiger partial charge in [0.15, 0.2) is 0 Å². The van der Waals surface area contributed by atoms with E-state index in [1.165, 1.54) is 17.7 Å². The molecule has 104 valence electrons. The fourth-order valence-electron chi connectivity index (χ4n) is 3.17. The van der Waals surface area contributed by atoms with Gasteiger partial charge in [0.2, 0.25) is 0 Å². The molecule has 2 atom stereocenters. The number of nitrogens with zero attached hydrogens (tertiary/aromatic N) is 2. The van der Waals surface area contributed by atoms with E-state index < -0.39 is 0 Å². The van der Waals surface area contributed by atoms with Crippen LogP contribution in [0.1, 0.15) is 36.6 Å². The van der Waals surface area contributed by atoms with Crippen LogP contribution in [0.15, 0.2) is 6.07 Å². The number of rotatable bonds is 2. The average molecular weight is 261 g/mol. The summed E-state index contributed by atoms with van der Waals surface area (Å²) >= 11 is 0. The molecule has 4 heteroatoms. The molecule has 2 heterocycles. The molecule has 0 radical (unpaired) electrons. The number of aliphatic hydroxyl groups is 1. The van der Waals surface area contributed by atoms with Crippen molar-refractivity contribution < 1.29 is 5.11 Å². The van der Waals surface area contributed by atoms with E-state index in [1.807, 2.05) is 0 Å². The normalized spacial score (nSPS) is 26.6. The van der Waals surface area contributed by atoms with Gasteiger partial charge in [-0.3, -0.25) is 0 Å². The minimum absolute atomic E-state index is 0.255. The van der Waals surface area contributed by atoms with Crippen molar-refractivity contribution >= 4 is 5.82 Å². The molecule has 0 saturated carbocycles. The summed E-state index contributed by atoms with van der Waals surface area (Å²) in [5.41, 5.74) is 9.62. The third-order valence-electron chi connectivity index (χ3n) is 4.55. The maximum Gasteiger partial charge on any atom is 0.133 e. The van der Waals surface area contributed by atoms with Gasteiger partial charge in [-0.15, -0.1) is 0 Å². The molecule has 2 aliphatic rings. The van der Waals surface area contributed by atoms with E-state index in [4.69, 9.17) is 10.7 Å². The number of piperidine rings is 1. The molecule has 0 spiro atoms. The van der Waals surface area contributed by atoms with Crippen molar-refractivity contribution in [1.29, 1.82) is 0 Å². The first kappa shape index (κ1) is 12.9. The molecule has 3 rings (SSSR count). The number of anilines is 1. The number of hydrogen-bond donors (Lipinski definition) is 2. The Morgan fingerprint density at radius 1 is 1.47 bits per heavy atom. The fraction of sp³-hybridized carbons (Fsp3) is 0.667. The van der Waals surface area contributed by atoms with Gasteiger partial charge >= 0.3 is 0 Å². The lowest BCUT2D eigenvalue weighted by Gasteiger charge is -2.36. The number of hydrogen-bond acceptors (Lipinski definition) is 4. The molecule has 1 aromatic rings. The SMILES string of the molecule is CC1CCN(c2nc3c(cc2CN)CCC3)CC1O. The Kier molecular flexibility index (Phi) is 3.46. The molecular formula is C15H23N3O. The van der Waals surface area contributed by atoms with Gasteiger partial charge in [-0.25, -0.2) is 4.98 Å². The van der Waals surface area contributed by atoms with Gasteiger partial charge in [-0.2, -0.15) is 0 Å². The Labute approximate surface area is 114 Å². The molecule has 0 bridgehead atoms. The molecular weight excluding hydrogens is 238 g/mol. The van der Waals surface area contributed by atoms with Crippen LogP contribution in [0, 0.1) is 5.92 Å². The highest BCUT2D eigenvalue weighted by atomic mass is 16.3. The summed E-state index contributed by atoms with van der Waals surface area (Å²) in [4.78, 5) is 7.06. The van der Waals surface area contributed by atoms with E-state index in [1.54, 1.807) is 0 Å². The maximum atomic E-state index is 10.1. The zero-order valence-corrected chi connectivity index (χ0v) is 11.6. The average Bonchev–Trinajstić information content (AvgIpc) is 2.87. The van der Waals surface area contributed by atoms with Crippen LogP contribution >= 0.6 is 0 Å². The van der Waals surface area contributed by atoms with E-state index >= 15 is 0 Å². The Bertz CT molecular complexity index is 475. The highest BCUT2D eigenvalue weighted by Gasteiger charge is 2.27. The topological polar surface area (TPSA) is 62.4 Å². The third kappa shape index (κ3) is 2.35. The molecule has 1 aromatic heterocycles. The van der Waals surface area contributed by atoms with Crippen LogP contribution in [0.25, 0.3) is 0 Å². The molecule has 3 N–H and O–H groups in total. The van der Waals surface area contributed by atoms with E-state index in [-0.39, 0.29) is 6.10 Å². The lowest BCUT2D eigenvalue weighted by Crippen LogP contribution is -2.43. The van der Waals surface area contributed by atoms with Crippen molar-refractivity contribution in [2.24, 2.45) is 11.7 Å². The smallest absolute Gasteiger partial charge is 0.133 e. The quantitative estimate of drug-likeness (QED) is 0.840. The van der Waals surface area contributed by atoms with Gasteiger partial charge in [0.1, 0.15) is 5.82 Å². The zero-order valence-electron chi connectivity index (χ0n) is 11.6. The molecule has 0 aromatic carbocycles. The van der Waals surface area contributed by atoms with E-state index in [0.717, 1.165) is 37.2 Å². The van der Waals surface area contributed by atoms with Crippen LogP contribution in [0.2, 0.25) is 0 Å². The van der Waals surface area contributed by atoms with Gasteiger partial charge < -0.3 is 15.7 Å². The lowest BCUT2D eigenvalue weighted by molar-refractivity contribution is 0.102. The van der Waals surface area contributed by atoms with Crippen LogP contribution in [-0.4, -0.2) is 29.3 Å². The van der Waals surface area contributed by atoms with Crippen molar-refractivity contribution in [3.8, 4) is 0 Å². The van der Waals surface area contributed by atoms with Gasteiger partial charge in [0.05, 0.1) is 6.10 Å². The number of nitrogens with two attached hydrogens (primary N) is 1. The molecule has 1 aliphatic carbocycles. The van der Waals surface area contributed by atoms with Gasteiger partial charge in [0, 0.05) is 30.9 Å². The highest BCUT2D eigenvalue weighted by molar-refractivity contribution is 5.51. The first-order chi connectivity index (χ1) is 9.19. The summed E-state index contributed by atoms with van der Waals surface area (Å²) in [5.74, 6) is 1.39. The summed E-state index contributed by atoms with van der Waals surface area (Å²) < 4.78 is 0. The molecule has 1 fully saturated rings.